The highest BCUT2D eigenvalue weighted by molar-refractivity contribution is 5.94. The second kappa shape index (κ2) is 8.88. The zero-order chi connectivity index (χ0) is 20.1. The number of nitrogens with zero attached hydrogens (tertiary/aromatic N) is 3. The number of rotatable bonds is 9. The van der Waals surface area contributed by atoms with E-state index in [0.717, 1.165) is 24.4 Å². The minimum Gasteiger partial charge on any atom is -0.451 e. The third-order valence-corrected chi connectivity index (χ3v) is 4.36. The lowest BCUT2D eigenvalue weighted by atomic mass is 10.2. The Bertz CT molecular complexity index is 927. The van der Waals surface area contributed by atoms with E-state index in [1.165, 1.54) is 0 Å². The second-order valence-corrected chi connectivity index (χ2v) is 6.86. The van der Waals surface area contributed by atoms with Gasteiger partial charge in [-0.2, -0.15) is 0 Å². The van der Waals surface area contributed by atoms with Gasteiger partial charge in [0.15, 0.2) is 11.6 Å². The first-order valence-electron chi connectivity index (χ1n) is 9.56. The first-order valence-corrected chi connectivity index (χ1v) is 9.56. The predicted molar refractivity (Wildman–Crippen MR) is 106 cm³/mol. The van der Waals surface area contributed by atoms with Crippen molar-refractivity contribution in [3.8, 4) is 11.5 Å². The molecule has 0 aliphatic rings. The summed E-state index contributed by atoms with van der Waals surface area (Å²) in [5, 5.41) is 10.6. The van der Waals surface area contributed by atoms with Gasteiger partial charge in [0, 0.05) is 31.7 Å². The lowest BCUT2D eigenvalue weighted by Crippen LogP contribution is -2.25. The number of H-pyrrole nitrogens is 1. The Hall–Kier alpha value is -2.87. The van der Waals surface area contributed by atoms with E-state index in [0.29, 0.717) is 35.9 Å². The topological polar surface area (TPSA) is 93.5 Å². The minimum atomic E-state index is -0.111. The fourth-order valence-corrected chi connectivity index (χ4v) is 2.77. The highest BCUT2D eigenvalue weighted by Gasteiger charge is 2.18. The Morgan fingerprint density at radius 1 is 1.29 bits per heavy atom. The zero-order valence-electron chi connectivity index (χ0n) is 16.8. The lowest BCUT2D eigenvalue weighted by molar-refractivity contribution is 0.0948. The normalized spacial score (nSPS) is 11.3. The first-order chi connectivity index (χ1) is 13.5. The number of hydrogen-bond acceptors (Lipinski definition) is 5. The third-order valence-electron chi connectivity index (χ3n) is 4.36. The third kappa shape index (κ3) is 4.33. The molecule has 2 N–H and O–H groups in total. The molecule has 0 spiro atoms. The van der Waals surface area contributed by atoms with Crippen molar-refractivity contribution in [2.45, 2.75) is 39.5 Å². The van der Waals surface area contributed by atoms with Crippen LogP contribution in [0.1, 0.15) is 55.0 Å². The molecule has 0 fully saturated rings. The fraction of sp³-hybridized carbons (Fsp3) is 0.450. The number of benzene rings is 1. The average Bonchev–Trinajstić information content (AvgIpc) is 3.25. The van der Waals surface area contributed by atoms with E-state index < -0.39 is 0 Å². The van der Waals surface area contributed by atoms with Crippen LogP contribution in [0.15, 0.2) is 24.3 Å². The smallest absolute Gasteiger partial charge is 0.251 e. The van der Waals surface area contributed by atoms with Gasteiger partial charge in [-0.25, -0.2) is 4.98 Å². The number of aryl methyl sites for hydroxylation is 1. The zero-order valence-corrected chi connectivity index (χ0v) is 16.8. The van der Waals surface area contributed by atoms with Gasteiger partial charge in [-0.15, -0.1) is 9.73 Å². The summed E-state index contributed by atoms with van der Waals surface area (Å²) >= 11 is 0. The summed E-state index contributed by atoms with van der Waals surface area (Å²) in [6.07, 6.45) is 1.54. The van der Waals surface area contributed by atoms with Gasteiger partial charge in [0.1, 0.15) is 5.75 Å². The Balaban J connectivity index is 1.74. The molecule has 8 nitrogen and oxygen atoms in total. The van der Waals surface area contributed by atoms with Crippen LogP contribution in [-0.2, 0) is 11.2 Å². The molecule has 0 aliphatic heterocycles. The Labute approximate surface area is 164 Å². The van der Waals surface area contributed by atoms with E-state index in [2.05, 4.69) is 34.3 Å². The summed E-state index contributed by atoms with van der Waals surface area (Å²) in [6, 6.07) is 7.07. The molecule has 0 radical (unpaired) electrons. The number of methoxy groups -OCH3 is 1. The minimum absolute atomic E-state index is 0.111. The lowest BCUT2D eigenvalue weighted by Gasteiger charge is -2.08. The average molecular weight is 385 g/mol. The van der Waals surface area contributed by atoms with Gasteiger partial charge in [0.2, 0.25) is 5.65 Å². The molecular formula is C20H27N5O3. The van der Waals surface area contributed by atoms with Crippen LogP contribution in [0.25, 0.3) is 5.65 Å². The van der Waals surface area contributed by atoms with Crippen molar-refractivity contribution < 1.29 is 14.3 Å². The number of hydrogen-bond donors (Lipinski definition) is 2. The number of nitrogens with one attached hydrogen (secondary N) is 2. The van der Waals surface area contributed by atoms with Crippen LogP contribution in [0.4, 0.5) is 0 Å². The van der Waals surface area contributed by atoms with Crippen molar-refractivity contribution >= 4 is 11.6 Å². The summed E-state index contributed by atoms with van der Waals surface area (Å²) in [5.74, 6) is 2.19. The van der Waals surface area contributed by atoms with Gasteiger partial charge in [-0.1, -0.05) is 20.8 Å². The van der Waals surface area contributed by atoms with Crippen LogP contribution in [0.5, 0.6) is 11.5 Å². The molecule has 2 aromatic heterocycles. The molecule has 8 heteroatoms. The van der Waals surface area contributed by atoms with Crippen LogP contribution in [0.3, 0.4) is 0 Å². The number of amides is 1. The molecule has 2 heterocycles. The maximum atomic E-state index is 12.2. The van der Waals surface area contributed by atoms with Crippen LogP contribution in [-0.4, -0.2) is 46.0 Å². The van der Waals surface area contributed by atoms with Crippen molar-refractivity contribution in [3.63, 3.8) is 0 Å². The molecule has 0 saturated heterocycles. The molecule has 150 valence electrons. The maximum Gasteiger partial charge on any atom is 0.251 e. The molecule has 0 saturated carbocycles. The molecule has 0 atom stereocenters. The van der Waals surface area contributed by atoms with Crippen molar-refractivity contribution in [1.29, 1.82) is 0 Å². The summed E-state index contributed by atoms with van der Waals surface area (Å²) in [6.45, 7) is 7.35. The van der Waals surface area contributed by atoms with Crippen LogP contribution < -0.4 is 10.1 Å². The van der Waals surface area contributed by atoms with Gasteiger partial charge in [-0.05, 0) is 37.1 Å². The number of fused-ring (bicyclic) bond motifs is 1. The fourth-order valence-electron chi connectivity index (χ4n) is 2.77. The molecular weight excluding hydrogens is 358 g/mol. The highest BCUT2D eigenvalue weighted by atomic mass is 16.5. The van der Waals surface area contributed by atoms with E-state index in [1.807, 2.05) is 6.92 Å². The van der Waals surface area contributed by atoms with E-state index in [-0.39, 0.29) is 11.8 Å². The quantitative estimate of drug-likeness (QED) is 0.551. The van der Waals surface area contributed by atoms with Gasteiger partial charge < -0.3 is 14.8 Å². The Morgan fingerprint density at radius 3 is 2.68 bits per heavy atom. The number of carbonyl (C=O) groups is 1. The molecule has 28 heavy (non-hydrogen) atoms. The van der Waals surface area contributed by atoms with Crippen LogP contribution in [0, 0.1) is 0 Å². The molecule has 0 aliphatic carbocycles. The van der Waals surface area contributed by atoms with Gasteiger partial charge in [-0.3, -0.25) is 9.89 Å². The maximum absolute atomic E-state index is 12.2. The van der Waals surface area contributed by atoms with Crippen molar-refractivity contribution in [3.05, 3.63) is 41.3 Å². The molecule has 1 aromatic carbocycles. The van der Waals surface area contributed by atoms with Crippen molar-refractivity contribution in [2.24, 2.45) is 0 Å². The number of ether oxygens (including phenoxy) is 2. The first kappa shape index (κ1) is 19.9. The van der Waals surface area contributed by atoms with Crippen LogP contribution in [0.2, 0.25) is 0 Å². The standard InChI is InChI=1S/C20H27N5O3/c1-5-16-17(19-22-18(13(2)3)24-25(19)23-16)28-15-9-7-14(8-10-15)20(26)21-11-6-12-27-4/h7-10,13,23H,5-6,11-12H2,1-4H3,(H,21,26). The van der Waals surface area contributed by atoms with Crippen molar-refractivity contribution in [2.75, 3.05) is 20.3 Å². The molecule has 0 unspecified atom stereocenters. The van der Waals surface area contributed by atoms with Crippen molar-refractivity contribution in [1.82, 2.24) is 25.1 Å². The Kier molecular flexibility index (Phi) is 6.30. The summed E-state index contributed by atoms with van der Waals surface area (Å²) in [7, 11) is 1.64. The highest BCUT2D eigenvalue weighted by Crippen LogP contribution is 2.30. The molecule has 1 amide bonds. The molecule has 0 bridgehead atoms. The van der Waals surface area contributed by atoms with E-state index in [4.69, 9.17) is 9.47 Å². The van der Waals surface area contributed by atoms with E-state index >= 15 is 0 Å². The predicted octanol–water partition coefficient (Wildman–Crippen LogP) is 3.30. The number of aromatic amines is 1. The molecule has 3 aromatic rings. The van der Waals surface area contributed by atoms with Gasteiger partial charge >= 0.3 is 0 Å². The summed E-state index contributed by atoms with van der Waals surface area (Å²) in [4.78, 5) is 16.8. The summed E-state index contributed by atoms with van der Waals surface area (Å²) in [5.41, 5.74) is 2.18. The van der Waals surface area contributed by atoms with Gasteiger partial charge in [0.05, 0.1) is 5.69 Å². The monoisotopic (exact) mass is 385 g/mol. The SMILES string of the molecule is CCc1[nH]n2nc(C(C)C)nc2c1Oc1ccc(C(=O)NCCCOC)cc1. The summed E-state index contributed by atoms with van der Waals surface area (Å²) < 4.78 is 12.7. The van der Waals surface area contributed by atoms with E-state index in [1.54, 1.807) is 36.0 Å². The largest absolute Gasteiger partial charge is 0.451 e. The van der Waals surface area contributed by atoms with Crippen LogP contribution >= 0.6 is 0 Å². The van der Waals surface area contributed by atoms with Gasteiger partial charge in [0.25, 0.3) is 5.91 Å². The second-order valence-electron chi connectivity index (χ2n) is 6.86. The number of carbonyl (C=O) groups excluding carboxylic acids is 1. The van der Waals surface area contributed by atoms with E-state index in [9.17, 15) is 4.79 Å². The molecule has 3 rings (SSSR count). The number of aromatic nitrogens is 4. The Morgan fingerprint density at radius 2 is 2.04 bits per heavy atom.